The molecule has 2 aromatic heterocycles. The Morgan fingerprint density at radius 2 is 1.82 bits per heavy atom. The van der Waals surface area contributed by atoms with E-state index < -0.39 is 4.92 Å². The van der Waals surface area contributed by atoms with Crippen molar-refractivity contribution in [2.24, 2.45) is 0 Å². The van der Waals surface area contributed by atoms with E-state index in [0.29, 0.717) is 23.7 Å². The predicted octanol–water partition coefficient (Wildman–Crippen LogP) is 5.21. The molecule has 0 aliphatic heterocycles. The van der Waals surface area contributed by atoms with E-state index in [1.54, 1.807) is 13.1 Å². The number of nitrogens with zero attached hydrogens (tertiary/aromatic N) is 4. The maximum absolute atomic E-state index is 10.3. The van der Waals surface area contributed by atoms with Crippen molar-refractivity contribution >= 4 is 23.0 Å². The molecular formula is C24H30ClN5O3. The minimum Gasteiger partial charge on any atom is -0.476 e. The highest BCUT2D eigenvalue weighted by Gasteiger charge is 2.10. The molecule has 0 unspecified atom stereocenters. The maximum atomic E-state index is 10.3. The lowest BCUT2D eigenvalue weighted by atomic mass is 10.2. The number of rotatable bonds is 9. The molecule has 0 aliphatic carbocycles. The van der Waals surface area contributed by atoms with Crippen molar-refractivity contribution in [3.8, 4) is 5.88 Å². The van der Waals surface area contributed by atoms with E-state index in [1.165, 1.54) is 11.6 Å². The molecule has 0 aliphatic rings. The number of benzene rings is 1. The van der Waals surface area contributed by atoms with Crippen LogP contribution >= 0.6 is 11.6 Å². The largest absolute Gasteiger partial charge is 0.476 e. The number of ether oxygens (including phenoxy) is 1. The highest BCUT2D eigenvalue weighted by Crippen LogP contribution is 2.18. The second-order valence-electron chi connectivity index (χ2n) is 7.54. The second kappa shape index (κ2) is 13.3. The Morgan fingerprint density at radius 1 is 1.09 bits per heavy atom. The van der Waals surface area contributed by atoms with Gasteiger partial charge in [-0.05, 0) is 44.0 Å². The summed E-state index contributed by atoms with van der Waals surface area (Å²) in [6, 6.07) is 13.9. The molecular weight excluding hydrogens is 442 g/mol. The van der Waals surface area contributed by atoms with Crippen LogP contribution in [0.25, 0.3) is 0 Å². The van der Waals surface area contributed by atoms with Crippen molar-refractivity contribution in [1.82, 2.24) is 14.9 Å². The lowest BCUT2D eigenvalue weighted by molar-refractivity contribution is -0.385. The molecule has 0 fully saturated rings. The van der Waals surface area contributed by atoms with Gasteiger partial charge in [0.1, 0.15) is 18.0 Å². The van der Waals surface area contributed by atoms with Crippen LogP contribution in [0.5, 0.6) is 5.88 Å². The van der Waals surface area contributed by atoms with E-state index in [0.717, 1.165) is 37.8 Å². The topological polar surface area (TPSA) is 107 Å². The molecule has 2 heterocycles. The molecule has 176 valence electrons. The number of aromatic nitrogens is 2. The van der Waals surface area contributed by atoms with E-state index in [9.17, 15) is 10.1 Å². The average Bonchev–Trinajstić information content (AvgIpc) is 2.77. The first-order valence-corrected chi connectivity index (χ1v) is 11.1. The molecule has 2 N–H and O–H groups in total. The average molecular weight is 472 g/mol. The van der Waals surface area contributed by atoms with Crippen LogP contribution in [0.2, 0.25) is 5.15 Å². The molecule has 0 amide bonds. The zero-order chi connectivity index (χ0) is 24.2. The van der Waals surface area contributed by atoms with Crippen molar-refractivity contribution in [2.45, 2.75) is 33.7 Å². The maximum Gasteiger partial charge on any atom is 0.290 e. The van der Waals surface area contributed by atoms with E-state index >= 15 is 0 Å². The van der Waals surface area contributed by atoms with E-state index in [4.69, 9.17) is 22.1 Å². The zero-order valence-electron chi connectivity index (χ0n) is 19.2. The van der Waals surface area contributed by atoms with Crippen LogP contribution < -0.4 is 10.5 Å². The Bertz CT molecular complexity index is 1030. The minimum atomic E-state index is -0.487. The number of anilines is 1. The van der Waals surface area contributed by atoms with Gasteiger partial charge in [0.15, 0.2) is 0 Å². The lowest BCUT2D eigenvalue weighted by Crippen LogP contribution is -2.29. The van der Waals surface area contributed by atoms with Gasteiger partial charge in [0, 0.05) is 24.7 Å². The third-order valence-electron chi connectivity index (χ3n) is 4.82. The van der Waals surface area contributed by atoms with Gasteiger partial charge in [0.25, 0.3) is 5.69 Å². The zero-order valence-corrected chi connectivity index (χ0v) is 20.0. The summed E-state index contributed by atoms with van der Waals surface area (Å²) < 4.78 is 5.75. The summed E-state index contributed by atoms with van der Waals surface area (Å²) in [7, 11) is 0. The number of hydrogen-bond donors (Lipinski definition) is 1. The quantitative estimate of drug-likeness (QED) is 0.259. The smallest absolute Gasteiger partial charge is 0.290 e. The summed E-state index contributed by atoms with van der Waals surface area (Å²) in [6.07, 6.45) is 3.93. The molecule has 9 heteroatoms. The Kier molecular flexibility index (Phi) is 10.5. The van der Waals surface area contributed by atoms with E-state index in [-0.39, 0.29) is 10.8 Å². The number of nitrogens with two attached hydrogens (primary N) is 1. The highest BCUT2D eigenvalue weighted by atomic mass is 35.5. The van der Waals surface area contributed by atoms with Gasteiger partial charge in [-0.1, -0.05) is 48.9 Å². The summed E-state index contributed by atoms with van der Waals surface area (Å²) in [5.41, 5.74) is 9.31. The fraction of sp³-hybridized carbons (Fsp3) is 0.333. The van der Waals surface area contributed by atoms with E-state index in [2.05, 4.69) is 46.1 Å². The molecule has 3 aromatic rings. The number of aryl methyl sites for hydroxylation is 2. The van der Waals surface area contributed by atoms with Gasteiger partial charge >= 0.3 is 0 Å². The molecule has 0 spiro atoms. The number of pyridine rings is 2. The van der Waals surface area contributed by atoms with Crippen LogP contribution in [0.1, 0.15) is 30.0 Å². The monoisotopic (exact) mass is 471 g/mol. The van der Waals surface area contributed by atoms with Gasteiger partial charge in [-0.15, -0.1) is 0 Å². The summed E-state index contributed by atoms with van der Waals surface area (Å²) in [4.78, 5) is 20.0. The molecule has 8 nitrogen and oxygen atoms in total. The molecule has 0 bridgehead atoms. The molecule has 0 atom stereocenters. The predicted molar refractivity (Wildman–Crippen MR) is 132 cm³/mol. The van der Waals surface area contributed by atoms with Gasteiger partial charge in [0.05, 0.1) is 16.8 Å². The number of nitro groups is 1. The molecule has 33 heavy (non-hydrogen) atoms. The minimum absolute atomic E-state index is 0.00519. The van der Waals surface area contributed by atoms with Crippen molar-refractivity contribution in [3.05, 3.63) is 86.8 Å². The Hall–Kier alpha value is -3.23. The Balaban J connectivity index is 0.000000294. The summed E-state index contributed by atoms with van der Waals surface area (Å²) in [6.45, 7) is 9.30. The summed E-state index contributed by atoms with van der Waals surface area (Å²) in [5.74, 6) is 0.642. The normalized spacial score (nSPS) is 10.5. The fourth-order valence-corrected chi connectivity index (χ4v) is 3.24. The number of hydrogen-bond acceptors (Lipinski definition) is 7. The van der Waals surface area contributed by atoms with Gasteiger partial charge in [-0.25, -0.2) is 9.97 Å². The molecule has 0 saturated carbocycles. The molecule has 0 saturated heterocycles. The SMILES string of the molecule is CCCN(CCOc1cc(C)c(N)cn1)Cc1ccccc1.Cc1cc(Cl)ncc1[N+](=O)[O-]. The van der Waals surface area contributed by atoms with E-state index in [1.807, 2.05) is 19.1 Å². The first kappa shape index (κ1) is 26.0. The fourth-order valence-electron chi connectivity index (χ4n) is 3.03. The standard InChI is InChI=1S/C18H25N3O.C6H5ClN2O2/c1-3-9-21(14-16-7-5-4-6-8-16)10-11-22-18-12-15(2)17(19)13-20-18;1-4-2-6(7)8-3-5(4)9(10)11/h4-8,12-13H,3,9-11,14,19H2,1-2H3;2-3H,1H3. The van der Waals surface area contributed by atoms with Crippen LogP contribution in [0.4, 0.5) is 11.4 Å². The first-order chi connectivity index (χ1) is 15.8. The first-order valence-electron chi connectivity index (χ1n) is 10.7. The van der Waals surface area contributed by atoms with Crippen LogP contribution in [0.15, 0.2) is 54.9 Å². The van der Waals surface area contributed by atoms with Crippen LogP contribution in [-0.2, 0) is 6.54 Å². The van der Waals surface area contributed by atoms with Crippen molar-refractivity contribution in [2.75, 3.05) is 25.4 Å². The Morgan fingerprint density at radius 3 is 2.42 bits per heavy atom. The van der Waals surface area contributed by atoms with Gasteiger partial charge in [-0.2, -0.15) is 0 Å². The molecule has 1 aromatic carbocycles. The van der Waals surface area contributed by atoms with Crippen molar-refractivity contribution in [3.63, 3.8) is 0 Å². The van der Waals surface area contributed by atoms with Gasteiger partial charge in [-0.3, -0.25) is 15.0 Å². The van der Waals surface area contributed by atoms with Gasteiger partial charge in [0.2, 0.25) is 5.88 Å². The summed E-state index contributed by atoms with van der Waals surface area (Å²) >= 11 is 5.49. The van der Waals surface area contributed by atoms with Crippen molar-refractivity contribution < 1.29 is 9.66 Å². The second-order valence-corrected chi connectivity index (χ2v) is 7.93. The summed E-state index contributed by atoms with van der Waals surface area (Å²) in [5, 5.41) is 10.5. The third-order valence-corrected chi connectivity index (χ3v) is 5.03. The number of nitrogen functional groups attached to an aromatic ring is 1. The molecule has 0 radical (unpaired) electrons. The van der Waals surface area contributed by atoms with Crippen LogP contribution in [-0.4, -0.2) is 39.5 Å². The van der Waals surface area contributed by atoms with Crippen LogP contribution in [0.3, 0.4) is 0 Å². The Labute approximate surface area is 199 Å². The number of halogens is 1. The lowest BCUT2D eigenvalue weighted by Gasteiger charge is -2.21. The highest BCUT2D eigenvalue weighted by molar-refractivity contribution is 6.29. The van der Waals surface area contributed by atoms with Gasteiger partial charge < -0.3 is 10.5 Å². The van der Waals surface area contributed by atoms with Crippen molar-refractivity contribution in [1.29, 1.82) is 0 Å². The van der Waals surface area contributed by atoms with Crippen LogP contribution in [0, 0.1) is 24.0 Å². The molecule has 3 rings (SSSR count). The third kappa shape index (κ3) is 9.03.